The Hall–Kier alpha value is -0.790. The Morgan fingerprint density at radius 1 is 1.21 bits per heavy atom. The predicted molar refractivity (Wildman–Crippen MR) is 84.8 cm³/mol. The van der Waals surface area contributed by atoms with E-state index in [1.165, 1.54) is 0 Å². The fourth-order valence-electron chi connectivity index (χ4n) is 1.47. The quantitative estimate of drug-likeness (QED) is 0.717. The highest BCUT2D eigenvalue weighted by Gasteiger charge is 2.12. The standard InChI is InChI=1S/C12H9Br3N2O2/c1-19-11-4-9(7(14)3-8(11)15)17-12(18)10-2-6(13)5-16-10/h2-5,16H,1H3,(H,17,18). The van der Waals surface area contributed by atoms with Crippen molar-refractivity contribution in [3.8, 4) is 5.75 Å². The van der Waals surface area contributed by atoms with Crippen molar-refractivity contribution in [1.29, 1.82) is 0 Å². The smallest absolute Gasteiger partial charge is 0.272 e. The molecule has 2 rings (SSSR count). The van der Waals surface area contributed by atoms with Gasteiger partial charge in [0, 0.05) is 21.2 Å². The first-order chi connectivity index (χ1) is 9.01. The SMILES string of the molecule is COc1cc(NC(=O)c2cc(Br)c[nH]2)c(Br)cc1Br. The van der Waals surface area contributed by atoms with Crippen LogP contribution in [0.1, 0.15) is 10.5 Å². The number of nitrogens with one attached hydrogen (secondary N) is 2. The minimum absolute atomic E-state index is 0.226. The topological polar surface area (TPSA) is 54.1 Å². The van der Waals surface area contributed by atoms with E-state index in [0.717, 1.165) is 13.4 Å². The van der Waals surface area contributed by atoms with Crippen molar-refractivity contribution < 1.29 is 9.53 Å². The van der Waals surface area contributed by atoms with Gasteiger partial charge in [-0.25, -0.2) is 0 Å². The Balaban J connectivity index is 2.26. The van der Waals surface area contributed by atoms with E-state index in [-0.39, 0.29) is 5.91 Å². The van der Waals surface area contributed by atoms with Crippen LogP contribution in [0.25, 0.3) is 0 Å². The maximum atomic E-state index is 12.0. The summed E-state index contributed by atoms with van der Waals surface area (Å²) in [6.07, 6.45) is 1.70. The van der Waals surface area contributed by atoms with Crippen molar-refractivity contribution in [2.45, 2.75) is 0 Å². The Bertz CT molecular complexity index is 625. The predicted octanol–water partition coefficient (Wildman–Crippen LogP) is 4.56. The van der Waals surface area contributed by atoms with E-state index in [4.69, 9.17) is 4.74 Å². The van der Waals surface area contributed by atoms with Crippen LogP contribution < -0.4 is 10.1 Å². The van der Waals surface area contributed by atoms with Gasteiger partial charge >= 0.3 is 0 Å². The molecule has 1 aromatic carbocycles. The van der Waals surface area contributed by atoms with Gasteiger partial charge in [-0.1, -0.05) is 0 Å². The molecule has 0 aliphatic rings. The number of rotatable bonds is 3. The molecular formula is C12H9Br3N2O2. The van der Waals surface area contributed by atoms with E-state index >= 15 is 0 Å². The van der Waals surface area contributed by atoms with Crippen molar-refractivity contribution in [2.24, 2.45) is 0 Å². The van der Waals surface area contributed by atoms with Crippen LogP contribution in [0.2, 0.25) is 0 Å². The molecule has 0 aliphatic heterocycles. The molecule has 0 radical (unpaired) electrons. The molecule has 0 unspecified atom stereocenters. The fourth-order valence-corrected chi connectivity index (χ4v) is 3.07. The Labute approximate surface area is 135 Å². The molecule has 0 saturated carbocycles. The van der Waals surface area contributed by atoms with Crippen LogP contribution in [0.5, 0.6) is 5.75 Å². The Morgan fingerprint density at radius 3 is 2.53 bits per heavy atom. The number of ether oxygens (including phenoxy) is 1. The average molecular weight is 453 g/mol. The minimum atomic E-state index is -0.226. The lowest BCUT2D eigenvalue weighted by Crippen LogP contribution is -2.12. The second-order valence-corrected chi connectivity index (χ2v) is 6.28. The van der Waals surface area contributed by atoms with Crippen LogP contribution in [0, 0.1) is 0 Å². The van der Waals surface area contributed by atoms with Crippen molar-refractivity contribution in [3.63, 3.8) is 0 Å². The summed E-state index contributed by atoms with van der Waals surface area (Å²) in [5, 5.41) is 2.80. The Morgan fingerprint density at radius 2 is 1.95 bits per heavy atom. The summed E-state index contributed by atoms with van der Waals surface area (Å²) in [5.74, 6) is 0.418. The number of hydrogen-bond acceptors (Lipinski definition) is 2. The molecule has 2 aromatic rings. The molecule has 2 N–H and O–H groups in total. The van der Waals surface area contributed by atoms with E-state index in [1.54, 1.807) is 25.4 Å². The first-order valence-electron chi connectivity index (χ1n) is 5.19. The van der Waals surface area contributed by atoms with E-state index in [2.05, 4.69) is 58.1 Å². The molecule has 1 amide bonds. The van der Waals surface area contributed by atoms with Crippen molar-refractivity contribution >= 4 is 59.4 Å². The van der Waals surface area contributed by atoms with E-state index in [0.29, 0.717) is 17.1 Å². The van der Waals surface area contributed by atoms with Gasteiger partial charge in [0.05, 0.1) is 17.3 Å². The maximum absolute atomic E-state index is 12.0. The molecule has 100 valence electrons. The third-order valence-corrected chi connectivity index (χ3v) is 4.12. The van der Waals surface area contributed by atoms with Gasteiger partial charge in [0.1, 0.15) is 11.4 Å². The zero-order valence-corrected chi connectivity index (χ0v) is 14.5. The largest absolute Gasteiger partial charge is 0.495 e. The summed E-state index contributed by atoms with van der Waals surface area (Å²) in [4.78, 5) is 14.9. The number of carbonyl (C=O) groups is 1. The number of methoxy groups -OCH3 is 1. The number of aromatic nitrogens is 1. The highest BCUT2D eigenvalue weighted by molar-refractivity contribution is 9.11. The molecule has 0 spiro atoms. The molecule has 0 atom stereocenters. The van der Waals surface area contributed by atoms with E-state index in [1.807, 2.05) is 6.07 Å². The van der Waals surface area contributed by atoms with Gasteiger partial charge in [-0.3, -0.25) is 4.79 Å². The minimum Gasteiger partial charge on any atom is -0.495 e. The number of halogens is 3. The van der Waals surface area contributed by atoms with Gasteiger partial charge in [-0.15, -0.1) is 0 Å². The maximum Gasteiger partial charge on any atom is 0.272 e. The molecule has 0 saturated heterocycles. The van der Waals surface area contributed by atoms with Crippen LogP contribution >= 0.6 is 47.8 Å². The van der Waals surface area contributed by atoms with Gasteiger partial charge in [0.2, 0.25) is 0 Å². The summed E-state index contributed by atoms with van der Waals surface area (Å²) in [6.45, 7) is 0. The van der Waals surface area contributed by atoms with Crippen LogP contribution in [0.3, 0.4) is 0 Å². The zero-order chi connectivity index (χ0) is 14.0. The number of hydrogen-bond donors (Lipinski definition) is 2. The molecule has 0 aliphatic carbocycles. The molecule has 7 heteroatoms. The number of amides is 1. The van der Waals surface area contributed by atoms with Gasteiger partial charge in [-0.2, -0.15) is 0 Å². The fraction of sp³-hybridized carbons (Fsp3) is 0.0833. The molecule has 0 fully saturated rings. The molecule has 0 bridgehead atoms. The lowest BCUT2D eigenvalue weighted by molar-refractivity contribution is 0.102. The van der Waals surface area contributed by atoms with Gasteiger partial charge < -0.3 is 15.0 Å². The monoisotopic (exact) mass is 450 g/mol. The Kier molecular flexibility index (Phi) is 4.70. The molecule has 1 heterocycles. The second-order valence-electron chi connectivity index (χ2n) is 3.65. The van der Waals surface area contributed by atoms with Crippen molar-refractivity contribution in [3.05, 3.63) is 43.5 Å². The van der Waals surface area contributed by atoms with E-state index < -0.39 is 0 Å². The van der Waals surface area contributed by atoms with Crippen LogP contribution in [0.15, 0.2) is 37.8 Å². The summed E-state index contributed by atoms with van der Waals surface area (Å²) in [7, 11) is 1.57. The highest BCUT2D eigenvalue weighted by Crippen LogP contribution is 2.34. The van der Waals surface area contributed by atoms with E-state index in [9.17, 15) is 4.79 Å². The third-order valence-electron chi connectivity index (χ3n) is 2.38. The second kappa shape index (κ2) is 6.11. The van der Waals surface area contributed by atoms with Crippen LogP contribution in [0.4, 0.5) is 5.69 Å². The average Bonchev–Trinajstić information content (AvgIpc) is 2.79. The van der Waals surface area contributed by atoms with Crippen molar-refractivity contribution in [1.82, 2.24) is 4.98 Å². The van der Waals surface area contributed by atoms with Gasteiger partial charge in [0.15, 0.2) is 0 Å². The summed E-state index contributed by atoms with van der Waals surface area (Å²) >= 11 is 10.1. The zero-order valence-electron chi connectivity index (χ0n) is 9.76. The summed E-state index contributed by atoms with van der Waals surface area (Å²) < 4.78 is 7.59. The van der Waals surface area contributed by atoms with Gasteiger partial charge in [-0.05, 0) is 59.9 Å². The number of carbonyl (C=O) groups excluding carboxylic acids is 1. The third kappa shape index (κ3) is 3.40. The number of aromatic amines is 1. The number of anilines is 1. The molecular weight excluding hydrogens is 444 g/mol. The first kappa shape index (κ1) is 14.6. The van der Waals surface area contributed by atoms with Crippen LogP contribution in [-0.2, 0) is 0 Å². The molecule has 1 aromatic heterocycles. The lowest BCUT2D eigenvalue weighted by atomic mass is 10.3. The van der Waals surface area contributed by atoms with Crippen molar-refractivity contribution in [2.75, 3.05) is 12.4 Å². The first-order valence-corrected chi connectivity index (χ1v) is 7.57. The lowest BCUT2D eigenvalue weighted by Gasteiger charge is -2.10. The number of benzene rings is 1. The molecule has 4 nitrogen and oxygen atoms in total. The highest BCUT2D eigenvalue weighted by atomic mass is 79.9. The van der Waals surface area contributed by atoms with Gasteiger partial charge in [0.25, 0.3) is 5.91 Å². The van der Waals surface area contributed by atoms with Crippen LogP contribution in [-0.4, -0.2) is 18.0 Å². The normalized spacial score (nSPS) is 10.3. The summed E-state index contributed by atoms with van der Waals surface area (Å²) in [5.41, 5.74) is 1.11. The summed E-state index contributed by atoms with van der Waals surface area (Å²) in [6, 6.07) is 5.27. The molecule has 19 heavy (non-hydrogen) atoms. The number of H-pyrrole nitrogens is 1.